The van der Waals surface area contributed by atoms with Crippen LogP contribution in [0.5, 0.6) is 0 Å². The van der Waals surface area contributed by atoms with Gasteiger partial charge < -0.3 is 25.4 Å². The minimum Gasteiger partial charge on any atom is -0.444 e. The SMILES string of the molecule is CC(C)(C)OC(=O)NCc1ccnc(C(=O)NC23CCC(C(=O)N4CCCC4CO)(CC2)CC3)c1. The van der Waals surface area contributed by atoms with Crippen molar-refractivity contribution in [1.82, 2.24) is 20.5 Å². The Morgan fingerprint density at radius 3 is 2.49 bits per heavy atom. The van der Waals surface area contributed by atoms with Gasteiger partial charge in [0.15, 0.2) is 0 Å². The molecule has 1 atom stereocenters. The van der Waals surface area contributed by atoms with Crippen molar-refractivity contribution in [3.05, 3.63) is 29.6 Å². The van der Waals surface area contributed by atoms with Gasteiger partial charge in [-0.05, 0) is 89.8 Å². The van der Waals surface area contributed by atoms with Gasteiger partial charge in [0, 0.05) is 30.2 Å². The van der Waals surface area contributed by atoms with Crippen LogP contribution in [0.4, 0.5) is 4.79 Å². The third kappa shape index (κ3) is 5.60. The molecule has 5 rings (SSSR count). The molecule has 3 saturated carbocycles. The Labute approximate surface area is 207 Å². The highest BCUT2D eigenvalue weighted by molar-refractivity contribution is 5.93. The van der Waals surface area contributed by atoms with Crippen LogP contribution in [0.15, 0.2) is 18.3 Å². The highest BCUT2D eigenvalue weighted by Crippen LogP contribution is 2.53. The maximum atomic E-state index is 13.4. The van der Waals surface area contributed by atoms with Crippen LogP contribution in [0.2, 0.25) is 0 Å². The van der Waals surface area contributed by atoms with Gasteiger partial charge in [0.25, 0.3) is 5.91 Å². The van der Waals surface area contributed by atoms with Crippen molar-refractivity contribution in [3.8, 4) is 0 Å². The molecule has 1 saturated heterocycles. The molecule has 9 nitrogen and oxygen atoms in total. The number of fused-ring (bicyclic) bond motifs is 3. The molecule has 192 valence electrons. The van der Waals surface area contributed by atoms with Crippen LogP contribution >= 0.6 is 0 Å². The lowest BCUT2D eigenvalue weighted by Gasteiger charge is -2.53. The number of aromatic nitrogens is 1. The van der Waals surface area contributed by atoms with Crippen molar-refractivity contribution in [2.24, 2.45) is 5.41 Å². The van der Waals surface area contributed by atoms with Gasteiger partial charge in [-0.25, -0.2) is 4.79 Å². The molecule has 0 aromatic carbocycles. The molecule has 4 fully saturated rings. The number of alkyl carbamates (subject to hydrolysis) is 1. The van der Waals surface area contributed by atoms with E-state index in [0.29, 0.717) is 5.69 Å². The summed E-state index contributed by atoms with van der Waals surface area (Å²) in [5.41, 5.74) is -0.175. The number of ether oxygens (including phenoxy) is 1. The maximum absolute atomic E-state index is 13.4. The smallest absolute Gasteiger partial charge is 0.407 e. The first-order valence-corrected chi connectivity index (χ1v) is 12.7. The number of nitrogens with zero attached hydrogens (tertiary/aromatic N) is 2. The predicted octanol–water partition coefficient (Wildman–Crippen LogP) is 2.91. The van der Waals surface area contributed by atoms with Gasteiger partial charge in [-0.1, -0.05) is 0 Å². The second-order valence-electron chi connectivity index (χ2n) is 11.4. The predicted molar refractivity (Wildman–Crippen MR) is 129 cm³/mol. The van der Waals surface area contributed by atoms with Crippen molar-refractivity contribution in [1.29, 1.82) is 0 Å². The molecule has 1 aliphatic heterocycles. The zero-order chi connectivity index (χ0) is 25.3. The molecular formula is C26H38N4O5. The minimum absolute atomic E-state index is 0.0289. The first-order valence-electron chi connectivity index (χ1n) is 12.7. The zero-order valence-electron chi connectivity index (χ0n) is 21.1. The third-order valence-electron chi connectivity index (χ3n) is 7.82. The Bertz CT molecular complexity index is 948. The van der Waals surface area contributed by atoms with E-state index >= 15 is 0 Å². The Kier molecular flexibility index (Phi) is 7.09. The van der Waals surface area contributed by atoms with E-state index in [1.165, 1.54) is 0 Å². The van der Waals surface area contributed by atoms with E-state index in [-0.39, 0.29) is 42.0 Å². The number of likely N-dealkylation sites (tertiary alicyclic amines) is 1. The molecule has 3 amide bonds. The second-order valence-corrected chi connectivity index (χ2v) is 11.4. The van der Waals surface area contributed by atoms with Crippen molar-refractivity contribution < 1.29 is 24.2 Å². The number of carbonyl (C=O) groups is 3. The van der Waals surface area contributed by atoms with Crippen LogP contribution in [0, 0.1) is 5.41 Å². The molecule has 2 heterocycles. The molecule has 0 spiro atoms. The topological polar surface area (TPSA) is 121 Å². The van der Waals surface area contributed by atoms with Crippen LogP contribution in [0.1, 0.15) is 88.2 Å². The molecule has 4 aliphatic rings. The summed E-state index contributed by atoms with van der Waals surface area (Å²) >= 11 is 0. The lowest BCUT2D eigenvalue weighted by atomic mass is 9.56. The molecule has 9 heteroatoms. The summed E-state index contributed by atoms with van der Waals surface area (Å²) in [6.07, 6.45) is 7.45. The fourth-order valence-corrected chi connectivity index (χ4v) is 5.79. The summed E-state index contributed by atoms with van der Waals surface area (Å²) < 4.78 is 5.26. The number of hydrogen-bond donors (Lipinski definition) is 3. The van der Waals surface area contributed by atoms with Crippen LogP contribution in [0.25, 0.3) is 0 Å². The fraction of sp³-hybridized carbons (Fsp3) is 0.692. The number of carbonyl (C=O) groups excluding carboxylic acids is 3. The lowest BCUT2D eigenvalue weighted by Crippen LogP contribution is -2.60. The first-order chi connectivity index (χ1) is 16.5. The van der Waals surface area contributed by atoms with Crippen LogP contribution in [0.3, 0.4) is 0 Å². The summed E-state index contributed by atoms with van der Waals surface area (Å²) in [6, 6.07) is 3.39. The van der Waals surface area contributed by atoms with Crippen LogP contribution < -0.4 is 10.6 Å². The van der Waals surface area contributed by atoms with E-state index < -0.39 is 11.7 Å². The molecule has 35 heavy (non-hydrogen) atoms. The normalized spacial score (nSPS) is 28.0. The van der Waals surface area contributed by atoms with Gasteiger partial charge in [-0.3, -0.25) is 14.6 Å². The Hall–Kier alpha value is -2.68. The number of aliphatic hydroxyl groups is 1. The highest BCUT2D eigenvalue weighted by atomic mass is 16.6. The van der Waals surface area contributed by atoms with Crippen molar-refractivity contribution in [2.75, 3.05) is 13.2 Å². The van der Waals surface area contributed by atoms with Gasteiger partial charge in [0.05, 0.1) is 12.6 Å². The second kappa shape index (κ2) is 9.76. The highest BCUT2D eigenvalue weighted by Gasteiger charge is 2.54. The number of pyridine rings is 1. The lowest BCUT2D eigenvalue weighted by molar-refractivity contribution is -0.151. The molecule has 0 radical (unpaired) electrons. The van der Waals surface area contributed by atoms with Gasteiger partial charge in [0.2, 0.25) is 5.91 Å². The summed E-state index contributed by atoms with van der Waals surface area (Å²) in [5, 5.41) is 15.6. The molecule has 3 N–H and O–H groups in total. The van der Waals surface area contributed by atoms with Gasteiger partial charge in [0.1, 0.15) is 11.3 Å². The minimum atomic E-state index is -0.579. The van der Waals surface area contributed by atoms with E-state index in [2.05, 4.69) is 15.6 Å². The Morgan fingerprint density at radius 2 is 1.86 bits per heavy atom. The Morgan fingerprint density at radius 1 is 1.17 bits per heavy atom. The molecular weight excluding hydrogens is 448 g/mol. The Balaban J connectivity index is 1.34. The van der Waals surface area contributed by atoms with Crippen LogP contribution in [-0.4, -0.2) is 63.2 Å². The standard InChI is InChI=1S/C26H38N4O5/c1-24(2,3)35-23(34)28-16-18-6-13-27-20(15-18)21(32)29-26-10-7-25(8-11-26,9-12-26)22(33)30-14-4-5-19(30)17-31/h6,13,15,19,31H,4-5,7-12,14,16-17H2,1-3H3,(H,28,34)(H,29,32). The quantitative estimate of drug-likeness (QED) is 0.569. The summed E-state index contributed by atoms with van der Waals surface area (Å²) in [7, 11) is 0. The zero-order valence-corrected chi connectivity index (χ0v) is 21.1. The molecule has 2 bridgehead atoms. The fourth-order valence-electron chi connectivity index (χ4n) is 5.79. The average molecular weight is 487 g/mol. The van der Waals surface area contributed by atoms with Gasteiger partial charge >= 0.3 is 6.09 Å². The van der Waals surface area contributed by atoms with Gasteiger partial charge in [-0.15, -0.1) is 0 Å². The number of amides is 3. The number of hydrogen-bond acceptors (Lipinski definition) is 6. The average Bonchev–Trinajstić information content (AvgIpc) is 3.31. The van der Waals surface area contributed by atoms with E-state index in [1.54, 1.807) is 39.1 Å². The van der Waals surface area contributed by atoms with Crippen molar-refractivity contribution in [3.63, 3.8) is 0 Å². The van der Waals surface area contributed by atoms with E-state index in [1.807, 2.05) is 4.90 Å². The first kappa shape index (κ1) is 25.4. The summed E-state index contributed by atoms with van der Waals surface area (Å²) in [5.74, 6) is -0.0368. The van der Waals surface area contributed by atoms with E-state index in [4.69, 9.17) is 4.74 Å². The molecule has 3 aliphatic carbocycles. The summed E-state index contributed by atoms with van der Waals surface area (Å²) in [4.78, 5) is 44.6. The number of rotatable bonds is 6. The third-order valence-corrected chi connectivity index (χ3v) is 7.82. The van der Waals surface area contributed by atoms with Gasteiger partial charge in [-0.2, -0.15) is 0 Å². The van der Waals surface area contributed by atoms with Crippen molar-refractivity contribution >= 4 is 17.9 Å². The van der Waals surface area contributed by atoms with E-state index in [9.17, 15) is 19.5 Å². The van der Waals surface area contributed by atoms with E-state index in [0.717, 1.165) is 63.5 Å². The maximum Gasteiger partial charge on any atom is 0.407 e. The summed E-state index contributed by atoms with van der Waals surface area (Å²) in [6.45, 7) is 6.40. The van der Waals surface area contributed by atoms with Crippen molar-refractivity contribution in [2.45, 2.75) is 95.9 Å². The van der Waals surface area contributed by atoms with Crippen LogP contribution in [-0.2, 0) is 16.1 Å². The number of nitrogens with one attached hydrogen (secondary N) is 2. The largest absolute Gasteiger partial charge is 0.444 e. The molecule has 1 unspecified atom stereocenters. The molecule has 1 aromatic heterocycles. The monoisotopic (exact) mass is 486 g/mol. The molecule has 1 aromatic rings. The number of aliphatic hydroxyl groups excluding tert-OH is 1.